The normalized spacial score (nSPS) is 16.6. The van der Waals surface area contributed by atoms with Gasteiger partial charge < -0.3 is 10.1 Å². The van der Waals surface area contributed by atoms with Crippen LogP contribution in [0.4, 0.5) is 5.69 Å². The zero-order chi connectivity index (χ0) is 14.1. The summed E-state index contributed by atoms with van der Waals surface area (Å²) in [6.07, 6.45) is 1.15. The zero-order valence-electron chi connectivity index (χ0n) is 11.1. The van der Waals surface area contributed by atoms with Crippen molar-refractivity contribution in [2.45, 2.75) is 19.4 Å². The van der Waals surface area contributed by atoms with Crippen molar-refractivity contribution in [3.8, 4) is 5.75 Å². The molecule has 1 unspecified atom stereocenters. The number of hydrogen-bond donors (Lipinski definition) is 1. The Morgan fingerprint density at radius 1 is 1.20 bits per heavy atom. The molecule has 0 aliphatic carbocycles. The highest BCUT2D eigenvalue weighted by molar-refractivity contribution is 9.11. The van der Waals surface area contributed by atoms with Gasteiger partial charge in [-0.1, -0.05) is 23.8 Å². The maximum atomic E-state index is 5.97. The van der Waals surface area contributed by atoms with Gasteiger partial charge in [-0.15, -0.1) is 0 Å². The molecule has 0 bridgehead atoms. The van der Waals surface area contributed by atoms with Crippen molar-refractivity contribution in [3.63, 3.8) is 0 Å². The molecule has 0 fully saturated rings. The summed E-state index contributed by atoms with van der Waals surface area (Å²) in [5.41, 5.74) is 3.67. The summed E-state index contributed by atoms with van der Waals surface area (Å²) in [4.78, 5) is 0. The maximum absolute atomic E-state index is 5.97. The molecule has 3 rings (SSSR count). The molecular weight excluding hydrogens is 382 g/mol. The highest BCUT2D eigenvalue weighted by atomic mass is 79.9. The third-order valence-electron chi connectivity index (χ3n) is 3.43. The van der Waals surface area contributed by atoms with E-state index in [9.17, 15) is 0 Å². The lowest BCUT2D eigenvalue weighted by atomic mass is 10.1. The van der Waals surface area contributed by atoms with E-state index in [1.807, 2.05) is 18.2 Å². The number of nitrogens with one attached hydrogen (secondary N) is 1. The summed E-state index contributed by atoms with van der Waals surface area (Å²) >= 11 is 7.12. The third-order valence-corrected chi connectivity index (χ3v) is 4.75. The van der Waals surface area contributed by atoms with Gasteiger partial charge in [-0.2, -0.15) is 0 Å². The standard InChI is InChI=1S/C16H15Br2NO/c1-10-5-6-15-11(7-10)8-12(20-15)9-19-16-13(17)3-2-4-14(16)18/h2-7,12,19H,8-9H2,1H3. The number of para-hydroxylation sites is 1. The summed E-state index contributed by atoms with van der Waals surface area (Å²) in [6, 6.07) is 12.4. The smallest absolute Gasteiger partial charge is 0.123 e. The SMILES string of the molecule is Cc1ccc2c(c1)CC(CNc1c(Br)cccc1Br)O2. The van der Waals surface area contributed by atoms with Crippen LogP contribution in [0.1, 0.15) is 11.1 Å². The third kappa shape index (κ3) is 2.86. The summed E-state index contributed by atoms with van der Waals surface area (Å²) < 4.78 is 8.08. The number of aryl methyl sites for hydroxylation is 1. The van der Waals surface area contributed by atoms with Crippen LogP contribution < -0.4 is 10.1 Å². The molecule has 0 saturated carbocycles. The van der Waals surface area contributed by atoms with Crippen molar-refractivity contribution in [1.29, 1.82) is 0 Å². The molecule has 4 heteroatoms. The largest absolute Gasteiger partial charge is 0.488 e. The molecule has 1 N–H and O–H groups in total. The van der Waals surface area contributed by atoms with E-state index in [1.54, 1.807) is 0 Å². The van der Waals surface area contributed by atoms with Crippen LogP contribution in [0.2, 0.25) is 0 Å². The maximum Gasteiger partial charge on any atom is 0.123 e. The molecule has 1 heterocycles. The molecule has 1 aliphatic rings. The molecule has 1 atom stereocenters. The van der Waals surface area contributed by atoms with E-state index in [-0.39, 0.29) is 6.10 Å². The second-order valence-electron chi connectivity index (χ2n) is 5.03. The predicted octanol–water partition coefficient (Wildman–Crippen LogP) is 4.94. The van der Waals surface area contributed by atoms with Gasteiger partial charge in [0, 0.05) is 15.4 Å². The topological polar surface area (TPSA) is 21.3 Å². The molecule has 0 spiro atoms. The van der Waals surface area contributed by atoms with Crippen LogP contribution in [0.25, 0.3) is 0 Å². The van der Waals surface area contributed by atoms with Gasteiger partial charge in [-0.05, 0) is 62.5 Å². The molecule has 104 valence electrons. The van der Waals surface area contributed by atoms with E-state index in [0.29, 0.717) is 0 Å². The highest BCUT2D eigenvalue weighted by Gasteiger charge is 2.22. The minimum absolute atomic E-state index is 0.186. The first-order valence-corrected chi connectivity index (χ1v) is 8.16. The molecule has 2 nitrogen and oxygen atoms in total. The Morgan fingerprint density at radius 2 is 1.95 bits per heavy atom. The molecule has 2 aromatic carbocycles. The van der Waals surface area contributed by atoms with Crippen molar-refractivity contribution in [3.05, 3.63) is 56.5 Å². The molecule has 0 aromatic heterocycles. The lowest BCUT2D eigenvalue weighted by molar-refractivity contribution is 0.246. The van der Waals surface area contributed by atoms with Crippen molar-refractivity contribution >= 4 is 37.5 Å². The van der Waals surface area contributed by atoms with E-state index in [4.69, 9.17) is 4.74 Å². The van der Waals surface area contributed by atoms with Crippen LogP contribution >= 0.6 is 31.9 Å². The molecule has 0 saturated heterocycles. The molecule has 1 aliphatic heterocycles. The summed E-state index contributed by atoms with van der Waals surface area (Å²) in [5.74, 6) is 1.02. The van der Waals surface area contributed by atoms with Gasteiger partial charge in [-0.3, -0.25) is 0 Å². The van der Waals surface area contributed by atoms with Gasteiger partial charge in [0.05, 0.1) is 12.2 Å². The summed E-state index contributed by atoms with van der Waals surface area (Å²) in [5, 5.41) is 3.45. The second kappa shape index (κ2) is 5.78. The van der Waals surface area contributed by atoms with E-state index < -0.39 is 0 Å². The van der Waals surface area contributed by atoms with Gasteiger partial charge in [0.1, 0.15) is 11.9 Å². The molecule has 0 radical (unpaired) electrons. The fraction of sp³-hybridized carbons (Fsp3) is 0.250. The van der Waals surface area contributed by atoms with Gasteiger partial charge >= 0.3 is 0 Å². The Morgan fingerprint density at radius 3 is 2.70 bits per heavy atom. The summed E-state index contributed by atoms with van der Waals surface area (Å²) in [7, 11) is 0. The Labute approximate surface area is 135 Å². The fourth-order valence-corrected chi connectivity index (χ4v) is 3.72. The molecule has 0 amide bonds. The summed E-state index contributed by atoms with van der Waals surface area (Å²) in [6.45, 7) is 2.90. The number of fused-ring (bicyclic) bond motifs is 1. The van der Waals surface area contributed by atoms with Crippen molar-refractivity contribution in [2.24, 2.45) is 0 Å². The van der Waals surface area contributed by atoms with Crippen LogP contribution in [0, 0.1) is 6.92 Å². The number of ether oxygens (including phenoxy) is 1. The average Bonchev–Trinajstić information content (AvgIpc) is 2.80. The first-order valence-electron chi connectivity index (χ1n) is 6.57. The number of hydrogen-bond acceptors (Lipinski definition) is 2. The minimum atomic E-state index is 0.186. The van der Waals surface area contributed by atoms with E-state index in [0.717, 1.165) is 33.3 Å². The molecular formula is C16H15Br2NO. The second-order valence-corrected chi connectivity index (χ2v) is 6.74. The van der Waals surface area contributed by atoms with Crippen LogP contribution in [0.3, 0.4) is 0 Å². The quantitative estimate of drug-likeness (QED) is 0.793. The van der Waals surface area contributed by atoms with Crippen molar-refractivity contribution in [2.75, 3.05) is 11.9 Å². The van der Waals surface area contributed by atoms with Crippen LogP contribution in [-0.4, -0.2) is 12.6 Å². The number of halogens is 2. The number of benzene rings is 2. The lowest BCUT2D eigenvalue weighted by Crippen LogP contribution is -2.24. The molecule has 2 aromatic rings. The van der Waals surface area contributed by atoms with E-state index in [1.165, 1.54) is 11.1 Å². The Balaban J connectivity index is 1.67. The van der Waals surface area contributed by atoms with Gasteiger partial charge in [0.2, 0.25) is 0 Å². The van der Waals surface area contributed by atoms with Crippen LogP contribution in [0.15, 0.2) is 45.3 Å². The predicted molar refractivity (Wildman–Crippen MR) is 89.6 cm³/mol. The Bertz CT molecular complexity index is 622. The van der Waals surface area contributed by atoms with Gasteiger partial charge in [-0.25, -0.2) is 0 Å². The van der Waals surface area contributed by atoms with E-state index >= 15 is 0 Å². The lowest BCUT2D eigenvalue weighted by Gasteiger charge is -2.15. The first kappa shape index (κ1) is 14.0. The first-order chi connectivity index (χ1) is 9.63. The fourth-order valence-electron chi connectivity index (χ4n) is 2.45. The average molecular weight is 397 g/mol. The molecule has 20 heavy (non-hydrogen) atoms. The Kier molecular flexibility index (Phi) is 4.03. The van der Waals surface area contributed by atoms with E-state index in [2.05, 4.69) is 62.3 Å². The van der Waals surface area contributed by atoms with Gasteiger partial charge in [0.15, 0.2) is 0 Å². The van der Waals surface area contributed by atoms with Crippen LogP contribution in [-0.2, 0) is 6.42 Å². The number of rotatable bonds is 3. The zero-order valence-corrected chi connectivity index (χ0v) is 14.3. The number of anilines is 1. The van der Waals surface area contributed by atoms with Crippen molar-refractivity contribution < 1.29 is 4.74 Å². The van der Waals surface area contributed by atoms with Gasteiger partial charge in [0.25, 0.3) is 0 Å². The van der Waals surface area contributed by atoms with Crippen molar-refractivity contribution in [1.82, 2.24) is 0 Å². The highest BCUT2D eigenvalue weighted by Crippen LogP contribution is 2.32. The Hall–Kier alpha value is -1.000. The van der Waals surface area contributed by atoms with Crippen LogP contribution in [0.5, 0.6) is 5.75 Å². The monoisotopic (exact) mass is 395 g/mol. The minimum Gasteiger partial charge on any atom is -0.488 e.